The molecule has 2 N–H and O–H groups in total. The van der Waals surface area contributed by atoms with Crippen LogP contribution < -0.4 is 10.2 Å². The van der Waals surface area contributed by atoms with Gasteiger partial charge in [-0.25, -0.2) is 15.0 Å². The number of anilines is 2. The van der Waals surface area contributed by atoms with Crippen molar-refractivity contribution in [3.8, 4) is 0 Å². The van der Waals surface area contributed by atoms with E-state index in [-0.39, 0.29) is 12.1 Å². The number of nitrogens with one attached hydrogen (secondary N) is 1. The fourth-order valence-electron chi connectivity index (χ4n) is 6.23. The molecule has 0 spiro atoms. The highest BCUT2D eigenvalue weighted by Gasteiger charge is 2.45. The smallest absolute Gasteiger partial charge is 0.227 e. The summed E-state index contributed by atoms with van der Waals surface area (Å²) >= 11 is 6.01. The summed E-state index contributed by atoms with van der Waals surface area (Å²) < 4.78 is 13.1. The maximum atomic E-state index is 13.1. The van der Waals surface area contributed by atoms with Crippen molar-refractivity contribution in [2.24, 2.45) is 11.8 Å². The fourth-order valence-corrected chi connectivity index (χ4v) is 7.72. The second kappa shape index (κ2) is 8.99. The predicted octanol–water partition coefficient (Wildman–Crippen LogP) is 3.32. The van der Waals surface area contributed by atoms with Gasteiger partial charge in [-0.05, 0) is 63.2 Å². The minimum atomic E-state index is -1.12. The minimum absolute atomic E-state index is 0.0599. The van der Waals surface area contributed by atoms with E-state index in [4.69, 9.17) is 21.6 Å². The number of aliphatic hydroxyl groups excluding tert-OH is 1. The Balaban J connectivity index is 1.32. The predicted molar refractivity (Wildman–Crippen MR) is 132 cm³/mol. The topological polar surface area (TPSA) is 104 Å². The highest BCUT2D eigenvalue weighted by molar-refractivity contribution is 7.85. The van der Waals surface area contributed by atoms with Gasteiger partial charge >= 0.3 is 0 Å². The van der Waals surface area contributed by atoms with Gasteiger partial charge in [0.15, 0.2) is 0 Å². The van der Waals surface area contributed by atoms with Crippen molar-refractivity contribution >= 4 is 34.2 Å². The molecule has 8 nitrogen and oxygen atoms in total. The Bertz CT molecular complexity index is 1080. The first-order chi connectivity index (χ1) is 16.5. The van der Waals surface area contributed by atoms with Gasteiger partial charge in [-0.2, -0.15) is 4.98 Å². The number of hydrogen-bond donors (Lipinski definition) is 2. The van der Waals surface area contributed by atoms with Crippen molar-refractivity contribution in [3.63, 3.8) is 0 Å². The van der Waals surface area contributed by atoms with Crippen molar-refractivity contribution in [1.29, 1.82) is 0 Å². The molecule has 10 heteroatoms. The Kier molecular flexibility index (Phi) is 5.98. The zero-order chi connectivity index (χ0) is 23.3. The van der Waals surface area contributed by atoms with Crippen molar-refractivity contribution in [1.82, 2.24) is 19.9 Å². The second-order valence-electron chi connectivity index (χ2n) is 10.4. The molecule has 2 saturated carbocycles. The van der Waals surface area contributed by atoms with E-state index in [1.807, 2.05) is 0 Å². The molecule has 4 aliphatic rings. The zero-order valence-electron chi connectivity index (χ0n) is 19.2. The second-order valence-corrected chi connectivity index (χ2v) is 12.3. The van der Waals surface area contributed by atoms with Gasteiger partial charge in [0.1, 0.15) is 16.5 Å². The number of hydrogen-bond acceptors (Lipinski definition) is 8. The van der Waals surface area contributed by atoms with Gasteiger partial charge in [0, 0.05) is 37.2 Å². The molecule has 4 heterocycles. The largest absolute Gasteiger partial charge is 0.394 e. The number of fused-ring (bicyclic) bond motifs is 3. The first kappa shape index (κ1) is 22.6. The molecule has 0 amide bonds. The molecule has 3 atom stereocenters. The van der Waals surface area contributed by atoms with Crippen LogP contribution in [0, 0.1) is 11.8 Å². The van der Waals surface area contributed by atoms with Gasteiger partial charge < -0.3 is 15.3 Å². The van der Waals surface area contributed by atoms with Crippen LogP contribution in [0.25, 0.3) is 0 Å². The number of halogens is 1. The molecule has 1 saturated heterocycles. The van der Waals surface area contributed by atoms with Crippen LogP contribution in [-0.2, 0) is 17.2 Å². The molecule has 182 valence electrons. The highest BCUT2D eigenvalue weighted by Crippen LogP contribution is 2.48. The molecule has 0 radical (unpaired) electrons. The Morgan fingerprint density at radius 1 is 1.12 bits per heavy atom. The van der Waals surface area contributed by atoms with Crippen LogP contribution >= 0.6 is 11.6 Å². The molecule has 2 aliphatic heterocycles. The lowest BCUT2D eigenvalue weighted by Gasteiger charge is -2.42. The molecule has 6 rings (SSSR count). The Labute approximate surface area is 207 Å². The molecular weight excluding hydrogens is 472 g/mol. The average Bonchev–Trinajstić information content (AvgIpc) is 2.96. The summed E-state index contributed by atoms with van der Waals surface area (Å²) in [6.45, 7) is 1.78. The molecule has 2 unspecified atom stereocenters. The summed E-state index contributed by atoms with van der Waals surface area (Å²) in [7, 11) is -1.12. The van der Waals surface area contributed by atoms with E-state index < -0.39 is 10.8 Å². The van der Waals surface area contributed by atoms with E-state index in [9.17, 15) is 9.32 Å². The van der Waals surface area contributed by atoms with E-state index in [2.05, 4.69) is 20.2 Å². The summed E-state index contributed by atoms with van der Waals surface area (Å²) in [4.78, 5) is 22.1. The standard InChI is InChI=1S/C24H31ClN6O2S/c25-17-10-26-21(27-11-17)19-15-5-6-16(19)13-31(12-15)23-28-18-4-1-2-9-34(33)20(18)22(29-23)30-24(14-32)7-3-8-24/h10-11,15-16,19,32H,1-9,12-14H2,(H,28,29,30)/t15?,16?,19?,34-/m1/s1. The van der Waals surface area contributed by atoms with Crippen LogP contribution in [0.3, 0.4) is 0 Å². The van der Waals surface area contributed by atoms with Gasteiger partial charge in [0.2, 0.25) is 5.95 Å². The summed E-state index contributed by atoms with van der Waals surface area (Å²) in [5.41, 5.74) is 0.555. The SMILES string of the molecule is O=[S@@]1CCCCc2nc(N3CC4CCC(C3)C4c3ncc(Cl)cn3)nc(NC3(CO)CCC3)c21. The first-order valence-corrected chi connectivity index (χ1v) is 14.2. The number of rotatable bonds is 5. The Hall–Kier alpha value is -1.84. The monoisotopic (exact) mass is 502 g/mol. The van der Waals surface area contributed by atoms with Crippen molar-refractivity contribution in [3.05, 3.63) is 28.9 Å². The van der Waals surface area contributed by atoms with Gasteiger partial charge in [-0.15, -0.1) is 0 Å². The molecule has 2 aromatic heterocycles. The molecule has 34 heavy (non-hydrogen) atoms. The quantitative estimate of drug-likeness (QED) is 0.641. The third kappa shape index (κ3) is 3.99. The number of piperidine rings is 1. The van der Waals surface area contributed by atoms with E-state index in [0.29, 0.717) is 34.3 Å². The maximum absolute atomic E-state index is 13.1. The number of aromatic nitrogens is 4. The van der Waals surface area contributed by atoms with Crippen molar-refractivity contribution < 1.29 is 9.32 Å². The van der Waals surface area contributed by atoms with E-state index in [1.165, 1.54) is 0 Å². The van der Waals surface area contributed by atoms with Crippen LogP contribution in [0.15, 0.2) is 17.3 Å². The summed E-state index contributed by atoms with van der Waals surface area (Å²) in [5, 5.41) is 14.2. The Morgan fingerprint density at radius 3 is 2.50 bits per heavy atom. The molecule has 3 fully saturated rings. The molecule has 2 bridgehead atoms. The fraction of sp³-hybridized carbons (Fsp3) is 0.667. The van der Waals surface area contributed by atoms with Crippen LogP contribution in [0.5, 0.6) is 0 Å². The first-order valence-electron chi connectivity index (χ1n) is 12.5. The van der Waals surface area contributed by atoms with Crippen molar-refractivity contribution in [2.75, 3.05) is 35.7 Å². The third-order valence-electron chi connectivity index (χ3n) is 8.20. The average molecular weight is 503 g/mol. The van der Waals surface area contributed by atoms with Crippen LogP contribution in [0.4, 0.5) is 11.8 Å². The van der Waals surface area contributed by atoms with Crippen LogP contribution in [-0.4, -0.2) is 60.2 Å². The van der Waals surface area contributed by atoms with E-state index in [1.54, 1.807) is 12.4 Å². The number of aryl methyl sites for hydroxylation is 1. The molecule has 0 aromatic carbocycles. The maximum Gasteiger partial charge on any atom is 0.227 e. The minimum Gasteiger partial charge on any atom is -0.394 e. The number of aliphatic hydroxyl groups is 1. The normalized spacial score (nSPS) is 29.8. The summed E-state index contributed by atoms with van der Waals surface area (Å²) in [6, 6.07) is 0. The van der Waals surface area contributed by atoms with E-state index in [0.717, 1.165) is 86.8 Å². The highest BCUT2D eigenvalue weighted by atomic mass is 35.5. The van der Waals surface area contributed by atoms with Gasteiger partial charge in [0.25, 0.3) is 0 Å². The summed E-state index contributed by atoms with van der Waals surface area (Å²) in [5.74, 6) is 4.17. The molecule has 2 aliphatic carbocycles. The van der Waals surface area contributed by atoms with Crippen LogP contribution in [0.2, 0.25) is 5.02 Å². The van der Waals surface area contributed by atoms with Gasteiger partial charge in [-0.3, -0.25) is 4.21 Å². The lowest BCUT2D eigenvalue weighted by molar-refractivity contribution is 0.143. The zero-order valence-corrected chi connectivity index (χ0v) is 20.8. The van der Waals surface area contributed by atoms with Crippen molar-refractivity contribution in [2.45, 2.75) is 67.7 Å². The third-order valence-corrected chi connectivity index (χ3v) is 9.94. The van der Waals surface area contributed by atoms with Gasteiger partial charge in [-0.1, -0.05) is 11.6 Å². The number of nitrogens with zero attached hydrogens (tertiary/aromatic N) is 5. The summed E-state index contributed by atoms with van der Waals surface area (Å²) in [6.07, 6.45) is 11.3. The van der Waals surface area contributed by atoms with Crippen LogP contribution in [0.1, 0.15) is 62.4 Å². The lowest BCUT2D eigenvalue weighted by atomic mass is 9.77. The molecular formula is C24H31ClN6O2S. The molecule has 2 aromatic rings. The lowest BCUT2D eigenvalue weighted by Crippen LogP contribution is -2.49. The Morgan fingerprint density at radius 2 is 1.85 bits per heavy atom. The van der Waals surface area contributed by atoms with E-state index >= 15 is 0 Å². The van der Waals surface area contributed by atoms with Gasteiger partial charge in [0.05, 0.1) is 33.7 Å².